The van der Waals surface area contributed by atoms with Crippen LogP contribution in [0.25, 0.3) is 5.57 Å². The molecule has 0 aromatic heterocycles. The van der Waals surface area contributed by atoms with Crippen LogP contribution in [0.5, 0.6) is 5.75 Å². The number of hydrogen-bond acceptors (Lipinski definition) is 2. The van der Waals surface area contributed by atoms with Crippen molar-refractivity contribution in [3.05, 3.63) is 36.4 Å². The molecule has 1 aromatic rings. The number of phenols is 1. The molecule has 0 fully saturated rings. The van der Waals surface area contributed by atoms with E-state index in [-0.39, 0.29) is 0 Å². The maximum absolute atomic E-state index is 9.07. The van der Waals surface area contributed by atoms with Crippen LogP contribution in [0.15, 0.2) is 30.8 Å². The maximum Gasteiger partial charge on any atom is 0.115 e. The molecule has 0 atom stereocenters. The largest absolute Gasteiger partial charge is 0.508 e. The molecule has 0 aliphatic carbocycles. The molecular weight excluding hydrogens is 162 g/mol. The van der Waals surface area contributed by atoms with Crippen LogP contribution < -0.4 is 5.32 Å². The van der Waals surface area contributed by atoms with Crippen molar-refractivity contribution in [3.63, 3.8) is 0 Å². The maximum atomic E-state index is 9.07. The summed E-state index contributed by atoms with van der Waals surface area (Å²) < 4.78 is 0. The van der Waals surface area contributed by atoms with Gasteiger partial charge in [0.1, 0.15) is 5.75 Å². The lowest BCUT2D eigenvalue weighted by atomic mass is 10.0. The normalized spacial score (nSPS) is 9.92. The zero-order valence-corrected chi connectivity index (χ0v) is 7.88. The Labute approximate surface area is 78.9 Å². The van der Waals surface area contributed by atoms with Gasteiger partial charge in [-0.3, -0.25) is 0 Å². The lowest BCUT2D eigenvalue weighted by molar-refractivity contribution is 0.475. The molecular formula is C11H15NO. The molecule has 1 rings (SSSR count). The summed E-state index contributed by atoms with van der Waals surface area (Å²) in [7, 11) is 1.92. The first-order valence-corrected chi connectivity index (χ1v) is 4.36. The van der Waals surface area contributed by atoms with E-state index in [0.717, 1.165) is 24.1 Å². The highest BCUT2D eigenvalue weighted by molar-refractivity contribution is 5.63. The van der Waals surface area contributed by atoms with Gasteiger partial charge in [0.2, 0.25) is 0 Å². The summed E-state index contributed by atoms with van der Waals surface area (Å²) in [5.74, 6) is 0.296. The second kappa shape index (κ2) is 4.67. The molecule has 1 aromatic carbocycles. The number of benzene rings is 1. The minimum atomic E-state index is 0.296. The summed E-state index contributed by atoms with van der Waals surface area (Å²) >= 11 is 0. The Morgan fingerprint density at radius 1 is 1.38 bits per heavy atom. The standard InChI is InChI=1S/C11H15NO/c1-9(7-8-12-2)10-3-5-11(13)6-4-10/h3-6,12-13H,1,7-8H2,2H3. The predicted molar refractivity (Wildman–Crippen MR) is 55.7 cm³/mol. The highest BCUT2D eigenvalue weighted by Gasteiger charge is 1.97. The molecule has 0 saturated carbocycles. The molecule has 70 valence electrons. The van der Waals surface area contributed by atoms with Gasteiger partial charge in [-0.1, -0.05) is 18.7 Å². The van der Waals surface area contributed by atoms with Gasteiger partial charge in [0.05, 0.1) is 0 Å². The van der Waals surface area contributed by atoms with Crippen LogP contribution in [-0.4, -0.2) is 18.7 Å². The van der Waals surface area contributed by atoms with Gasteiger partial charge >= 0.3 is 0 Å². The van der Waals surface area contributed by atoms with Gasteiger partial charge in [0.15, 0.2) is 0 Å². The lowest BCUT2D eigenvalue weighted by Gasteiger charge is -2.05. The number of hydrogen-bond donors (Lipinski definition) is 2. The zero-order chi connectivity index (χ0) is 9.68. The van der Waals surface area contributed by atoms with Gasteiger partial charge in [-0.05, 0) is 43.3 Å². The monoisotopic (exact) mass is 177 g/mol. The molecule has 0 unspecified atom stereocenters. The summed E-state index contributed by atoms with van der Waals surface area (Å²) in [6.45, 7) is 4.90. The minimum absolute atomic E-state index is 0.296. The Morgan fingerprint density at radius 3 is 2.54 bits per heavy atom. The smallest absolute Gasteiger partial charge is 0.115 e. The third-order valence-electron chi connectivity index (χ3n) is 1.95. The molecule has 0 spiro atoms. The van der Waals surface area contributed by atoms with Crippen LogP contribution in [0, 0.1) is 0 Å². The number of rotatable bonds is 4. The Bertz CT molecular complexity index is 277. The van der Waals surface area contributed by atoms with E-state index in [1.165, 1.54) is 0 Å². The zero-order valence-electron chi connectivity index (χ0n) is 7.88. The van der Waals surface area contributed by atoms with Gasteiger partial charge in [0, 0.05) is 0 Å². The third kappa shape index (κ3) is 2.92. The van der Waals surface area contributed by atoms with Crippen molar-refractivity contribution in [1.82, 2.24) is 5.32 Å². The van der Waals surface area contributed by atoms with Gasteiger partial charge in [-0.25, -0.2) is 0 Å². The van der Waals surface area contributed by atoms with Crippen LogP contribution >= 0.6 is 0 Å². The van der Waals surface area contributed by atoms with Crippen molar-refractivity contribution in [2.24, 2.45) is 0 Å². The van der Waals surface area contributed by atoms with E-state index < -0.39 is 0 Å². The molecule has 2 N–H and O–H groups in total. The molecule has 0 radical (unpaired) electrons. The summed E-state index contributed by atoms with van der Waals surface area (Å²) in [6, 6.07) is 7.13. The van der Waals surface area contributed by atoms with Crippen LogP contribution in [0.1, 0.15) is 12.0 Å². The molecule has 13 heavy (non-hydrogen) atoms. The van der Waals surface area contributed by atoms with Crippen LogP contribution in [0.4, 0.5) is 0 Å². The van der Waals surface area contributed by atoms with Gasteiger partial charge < -0.3 is 10.4 Å². The van der Waals surface area contributed by atoms with Gasteiger partial charge in [-0.15, -0.1) is 0 Å². The molecule has 0 amide bonds. The van der Waals surface area contributed by atoms with Gasteiger partial charge in [-0.2, -0.15) is 0 Å². The van der Waals surface area contributed by atoms with Crippen molar-refractivity contribution < 1.29 is 5.11 Å². The quantitative estimate of drug-likeness (QED) is 0.737. The first kappa shape index (κ1) is 9.81. The Hall–Kier alpha value is -1.28. The topological polar surface area (TPSA) is 32.3 Å². The first-order chi connectivity index (χ1) is 6.24. The number of phenolic OH excluding ortho intramolecular Hbond substituents is 1. The summed E-state index contributed by atoms with van der Waals surface area (Å²) in [4.78, 5) is 0. The second-order valence-corrected chi connectivity index (χ2v) is 3.00. The highest BCUT2D eigenvalue weighted by Crippen LogP contribution is 2.18. The molecule has 0 saturated heterocycles. The lowest BCUT2D eigenvalue weighted by Crippen LogP contribution is -2.07. The van der Waals surface area contributed by atoms with E-state index in [9.17, 15) is 0 Å². The van der Waals surface area contributed by atoms with Crippen molar-refractivity contribution in [3.8, 4) is 5.75 Å². The number of nitrogens with one attached hydrogen (secondary N) is 1. The molecule has 0 aliphatic rings. The van der Waals surface area contributed by atoms with E-state index in [4.69, 9.17) is 5.11 Å². The Balaban J connectivity index is 2.61. The molecule has 2 heteroatoms. The van der Waals surface area contributed by atoms with E-state index >= 15 is 0 Å². The van der Waals surface area contributed by atoms with Crippen molar-refractivity contribution in [2.45, 2.75) is 6.42 Å². The van der Waals surface area contributed by atoms with Crippen LogP contribution in [0.2, 0.25) is 0 Å². The van der Waals surface area contributed by atoms with Crippen molar-refractivity contribution in [2.75, 3.05) is 13.6 Å². The average Bonchev–Trinajstić information content (AvgIpc) is 2.15. The molecule has 0 heterocycles. The van der Waals surface area contributed by atoms with E-state index in [1.807, 2.05) is 19.2 Å². The first-order valence-electron chi connectivity index (χ1n) is 4.36. The molecule has 2 nitrogen and oxygen atoms in total. The third-order valence-corrected chi connectivity index (χ3v) is 1.95. The minimum Gasteiger partial charge on any atom is -0.508 e. The fraction of sp³-hybridized carbons (Fsp3) is 0.273. The van der Waals surface area contributed by atoms with E-state index in [0.29, 0.717) is 5.75 Å². The SMILES string of the molecule is C=C(CCNC)c1ccc(O)cc1. The van der Waals surface area contributed by atoms with Crippen molar-refractivity contribution >= 4 is 5.57 Å². The van der Waals surface area contributed by atoms with Crippen LogP contribution in [0.3, 0.4) is 0 Å². The Kier molecular flexibility index (Phi) is 3.53. The van der Waals surface area contributed by atoms with E-state index in [1.54, 1.807) is 12.1 Å². The highest BCUT2D eigenvalue weighted by atomic mass is 16.3. The van der Waals surface area contributed by atoms with Gasteiger partial charge in [0.25, 0.3) is 0 Å². The molecule has 0 bridgehead atoms. The molecule has 0 aliphatic heterocycles. The van der Waals surface area contributed by atoms with E-state index in [2.05, 4.69) is 11.9 Å². The fourth-order valence-electron chi connectivity index (χ4n) is 1.12. The number of aromatic hydroxyl groups is 1. The predicted octanol–water partition coefficient (Wildman–Crippen LogP) is 2.01. The summed E-state index contributed by atoms with van der Waals surface area (Å²) in [5.41, 5.74) is 2.18. The Morgan fingerprint density at radius 2 is 2.00 bits per heavy atom. The summed E-state index contributed by atoms with van der Waals surface area (Å²) in [5, 5.41) is 12.1. The van der Waals surface area contributed by atoms with Crippen molar-refractivity contribution in [1.29, 1.82) is 0 Å². The second-order valence-electron chi connectivity index (χ2n) is 3.00. The fourth-order valence-corrected chi connectivity index (χ4v) is 1.12. The average molecular weight is 177 g/mol. The summed E-state index contributed by atoms with van der Waals surface area (Å²) in [6.07, 6.45) is 0.932. The van der Waals surface area contributed by atoms with Crippen LogP contribution in [-0.2, 0) is 0 Å².